The molecule has 1 atom stereocenters. The Morgan fingerprint density at radius 2 is 1.94 bits per heavy atom. The van der Waals surface area contributed by atoms with Crippen LogP contribution in [-0.4, -0.2) is 20.9 Å². The number of amides is 1. The third-order valence-corrected chi connectivity index (χ3v) is 6.86. The third kappa shape index (κ3) is 3.42. The number of pyridine rings is 1. The molecule has 170 valence electrons. The summed E-state index contributed by atoms with van der Waals surface area (Å²) < 4.78 is 21.2. The normalized spacial score (nSPS) is 17.5. The highest BCUT2D eigenvalue weighted by atomic mass is 19.1. The summed E-state index contributed by atoms with van der Waals surface area (Å²) in [4.78, 5) is 25.4. The van der Waals surface area contributed by atoms with E-state index in [0.717, 1.165) is 24.8 Å². The smallest absolute Gasteiger partial charge is 0.228 e. The van der Waals surface area contributed by atoms with Gasteiger partial charge < -0.3 is 15.8 Å². The molecule has 4 aromatic rings. The minimum Gasteiger partial charge on any atom is -0.437 e. The SMILES string of the molecule is Cc1ccc2c(NC(=O)[C@@H]3CC34CC4)c(F)ccc2c1Oc1ncccc1-c1ccnc(N)n1. The van der Waals surface area contributed by atoms with Crippen molar-refractivity contribution in [1.82, 2.24) is 15.0 Å². The summed E-state index contributed by atoms with van der Waals surface area (Å²) in [6, 6.07) is 12.0. The zero-order valence-electron chi connectivity index (χ0n) is 18.5. The highest BCUT2D eigenvalue weighted by Gasteiger charge is 2.65. The minimum absolute atomic E-state index is 0.0142. The molecular formula is C26H22FN5O2. The van der Waals surface area contributed by atoms with Gasteiger partial charge in [0, 0.05) is 29.1 Å². The van der Waals surface area contributed by atoms with Crippen molar-refractivity contribution in [1.29, 1.82) is 0 Å². The molecule has 6 rings (SSSR count). The van der Waals surface area contributed by atoms with Gasteiger partial charge in [0.05, 0.1) is 16.9 Å². The number of nitrogen functional groups attached to an aromatic ring is 1. The Morgan fingerprint density at radius 3 is 2.71 bits per heavy atom. The van der Waals surface area contributed by atoms with Gasteiger partial charge in [-0.2, -0.15) is 0 Å². The number of carbonyl (C=O) groups is 1. The molecule has 2 aliphatic rings. The van der Waals surface area contributed by atoms with Gasteiger partial charge in [-0.15, -0.1) is 0 Å². The Bertz CT molecular complexity index is 1470. The number of hydrogen-bond acceptors (Lipinski definition) is 6. The number of benzene rings is 2. The first-order valence-corrected chi connectivity index (χ1v) is 11.2. The summed E-state index contributed by atoms with van der Waals surface area (Å²) in [7, 11) is 0. The molecule has 0 radical (unpaired) electrons. The number of rotatable bonds is 5. The number of carbonyl (C=O) groups excluding carboxylic acids is 1. The van der Waals surface area contributed by atoms with Crippen LogP contribution in [0.25, 0.3) is 22.0 Å². The lowest BCUT2D eigenvalue weighted by Gasteiger charge is -2.16. The van der Waals surface area contributed by atoms with Crippen molar-refractivity contribution in [3.63, 3.8) is 0 Å². The fraction of sp³-hybridized carbons (Fsp3) is 0.231. The largest absolute Gasteiger partial charge is 0.437 e. The molecule has 2 aromatic heterocycles. The molecule has 2 aliphatic carbocycles. The van der Waals surface area contributed by atoms with Crippen molar-refractivity contribution in [2.75, 3.05) is 11.1 Å². The van der Waals surface area contributed by atoms with E-state index in [-0.39, 0.29) is 28.9 Å². The van der Waals surface area contributed by atoms with E-state index < -0.39 is 5.82 Å². The van der Waals surface area contributed by atoms with E-state index in [1.807, 2.05) is 19.1 Å². The number of anilines is 2. The van der Waals surface area contributed by atoms with Crippen LogP contribution in [-0.2, 0) is 4.79 Å². The van der Waals surface area contributed by atoms with E-state index in [1.54, 1.807) is 36.7 Å². The fourth-order valence-electron chi connectivity index (χ4n) is 4.65. The summed E-state index contributed by atoms with van der Waals surface area (Å²) in [5.41, 5.74) is 8.19. The molecule has 0 unspecified atom stereocenters. The van der Waals surface area contributed by atoms with Crippen LogP contribution in [0, 0.1) is 24.1 Å². The van der Waals surface area contributed by atoms with Gasteiger partial charge in [-0.1, -0.05) is 12.1 Å². The predicted octanol–water partition coefficient (Wildman–Crippen LogP) is 5.25. The highest BCUT2D eigenvalue weighted by Crippen LogP contribution is 2.70. The van der Waals surface area contributed by atoms with Crippen molar-refractivity contribution in [3.05, 3.63) is 66.2 Å². The van der Waals surface area contributed by atoms with Gasteiger partial charge in [0.25, 0.3) is 0 Å². The maximum absolute atomic E-state index is 14.9. The summed E-state index contributed by atoms with van der Waals surface area (Å²) in [6.45, 7) is 1.91. The molecule has 1 amide bonds. The molecular weight excluding hydrogens is 433 g/mol. The number of fused-ring (bicyclic) bond motifs is 1. The molecule has 0 saturated heterocycles. The zero-order chi connectivity index (χ0) is 23.4. The van der Waals surface area contributed by atoms with Crippen LogP contribution in [0.4, 0.5) is 16.0 Å². The van der Waals surface area contributed by atoms with Crippen LogP contribution in [0.1, 0.15) is 24.8 Å². The molecule has 2 saturated carbocycles. The molecule has 0 bridgehead atoms. The number of halogens is 1. The van der Waals surface area contributed by atoms with Crippen molar-refractivity contribution in [3.8, 4) is 22.9 Å². The van der Waals surface area contributed by atoms with Gasteiger partial charge in [-0.25, -0.2) is 19.3 Å². The van der Waals surface area contributed by atoms with E-state index in [9.17, 15) is 9.18 Å². The molecule has 7 nitrogen and oxygen atoms in total. The lowest BCUT2D eigenvalue weighted by Crippen LogP contribution is -2.16. The van der Waals surface area contributed by atoms with Crippen LogP contribution in [0.2, 0.25) is 0 Å². The van der Waals surface area contributed by atoms with Gasteiger partial charge >= 0.3 is 0 Å². The number of nitrogens with two attached hydrogens (primary N) is 1. The van der Waals surface area contributed by atoms with Gasteiger partial charge in [0.1, 0.15) is 11.6 Å². The van der Waals surface area contributed by atoms with E-state index in [2.05, 4.69) is 20.3 Å². The number of ether oxygens (including phenoxy) is 1. The lowest BCUT2D eigenvalue weighted by atomic mass is 10.0. The average molecular weight is 455 g/mol. The number of aryl methyl sites for hydroxylation is 1. The monoisotopic (exact) mass is 455 g/mol. The Hall–Kier alpha value is -4.07. The van der Waals surface area contributed by atoms with E-state index >= 15 is 0 Å². The summed E-state index contributed by atoms with van der Waals surface area (Å²) in [6.07, 6.45) is 6.27. The second-order valence-electron chi connectivity index (χ2n) is 9.10. The maximum Gasteiger partial charge on any atom is 0.228 e. The molecule has 34 heavy (non-hydrogen) atoms. The van der Waals surface area contributed by atoms with Gasteiger partial charge in [0.2, 0.25) is 17.7 Å². The zero-order valence-corrected chi connectivity index (χ0v) is 18.5. The Balaban J connectivity index is 1.40. The number of nitrogens with zero attached hydrogens (tertiary/aromatic N) is 3. The van der Waals surface area contributed by atoms with Crippen LogP contribution < -0.4 is 15.8 Å². The topological polar surface area (TPSA) is 103 Å². The highest BCUT2D eigenvalue weighted by molar-refractivity contribution is 6.06. The van der Waals surface area contributed by atoms with Gasteiger partial charge in [-0.05, 0) is 67.5 Å². The van der Waals surface area contributed by atoms with Gasteiger partial charge in [-0.3, -0.25) is 4.79 Å². The molecule has 2 heterocycles. The average Bonchev–Trinajstić information content (AvgIpc) is 3.76. The van der Waals surface area contributed by atoms with Crippen LogP contribution in [0.5, 0.6) is 11.6 Å². The molecule has 8 heteroatoms. The number of nitrogens with one attached hydrogen (secondary N) is 1. The summed E-state index contributed by atoms with van der Waals surface area (Å²) >= 11 is 0. The van der Waals surface area contributed by atoms with Crippen molar-refractivity contribution >= 4 is 28.3 Å². The van der Waals surface area contributed by atoms with Crippen molar-refractivity contribution in [2.45, 2.75) is 26.2 Å². The van der Waals surface area contributed by atoms with Crippen LogP contribution in [0.15, 0.2) is 54.9 Å². The van der Waals surface area contributed by atoms with Gasteiger partial charge in [0.15, 0.2) is 0 Å². The maximum atomic E-state index is 14.9. The Kier molecular flexibility index (Phi) is 4.52. The number of hydrogen-bond donors (Lipinski definition) is 2. The predicted molar refractivity (Wildman–Crippen MR) is 127 cm³/mol. The first kappa shape index (κ1) is 20.5. The van der Waals surface area contributed by atoms with Crippen LogP contribution >= 0.6 is 0 Å². The standard InChI is InChI=1S/C26H22FN5O2/c1-14-4-5-15-16(6-7-19(27)21(15)32-23(33)18-13-26(18)9-10-26)22(14)34-24-17(3-2-11-29-24)20-8-12-30-25(28)31-20/h2-8,11-12,18H,9-10,13H2,1H3,(H,32,33)(H2,28,30,31)/t18-/m0/s1. The van der Waals surface area contributed by atoms with E-state index in [0.29, 0.717) is 33.7 Å². The van der Waals surface area contributed by atoms with Crippen LogP contribution in [0.3, 0.4) is 0 Å². The fourth-order valence-corrected chi connectivity index (χ4v) is 4.65. The quantitative estimate of drug-likeness (QED) is 0.426. The second kappa shape index (κ2) is 7.48. The Morgan fingerprint density at radius 1 is 1.12 bits per heavy atom. The van der Waals surface area contributed by atoms with E-state index in [4.69, 9.17) is 10.5 Å². The lowest BCUT2D eigenvalue weighted by molar-refractivity contribution is -0.117. The minimum atomic E-state index is -0.476. The molecule has 3 N–H and O–H groups in total. The van der Waals surface area contributed by atoms with Crippen molar-refractivity contribution < 1.29 is 13.9 Å². The molecule has 2 aromatic carbocycles. The van der Waals surface area contributed by atoms with Crippen molar-refractivity contribution in [2.24, 2.45) is 11.3 Å². The molecule has 0 aliphatic heterocycles. The summed E-state index contributed by atoms with van der Waals surface area (Å²) in [5.74, 6) is 0.407. The third-order valence-electron chi connectivity index (χ3n) is 6.86. The molecule has 2 fully saturated rings. The number of aromatic nitrogens is 3. The second-order valence-corrected chi connectivity index (χ2v) is 9.10. The molecule has 1 spiro atoms. The first-order valence-electron chi connectivity index (χ1n) is 11.2. The first-order chi connectivity index (χ1) is 16.4. The van der Waals surface area contributed by atoms with E-state index in [1.165, 1.54) is 6.07 Å². The summed E-state index contributed by atoms with van der Waals surface area (Å²) in [5, 5.41) is 4.09. The Labute approximate surface area is 195 Å².